The van der Waals surface area contributed by atoms with Crippen molar-refractivity contribution in [2.45, 2.75) is 123 Å². The van der Waals surface area contributed by atoms with E-state index in [0.717, 1.165) is 16.7 Å². The van der Waals surface area contributed by atoms with Gasteiger partial charge in [-0.05, 0) is 72.1 Å². The Kier molecular flexibility index (Phi) is 18.4. The van der Waals surface area contributed by atoms with Crippen molar-refractivity contribution < 1.29 is 57.2 Å². The summed E-state index contributed by atoms with van der Waals surface area (Å²) >= 11 is 0. The Morgan fingerprint density at radius 3 is 1.43 bits per heavy atom. The van der Waals surface area contributed by atoms with Crippen LogP contribution >= 0.6 is 0 Å². The summed E-state index contributed by atoms with van der Waals surface area (Å²) in [4.78, 5) is 71.4. The zero-order chi connectivity index (χ0) is 41.8. The van der Waals surface area contributed by atoms with Crippen LogP contribution in [0.1, 0.15) is 123 Å². The van der Waals surface area contributed by atoms with E-state index in [2.05, 4.69) is 0 Å². The summed E-state index contributed by atoms with van der Waals surface area (Å²) in [5, 5.41) is 0. The first-order valence-corrected chi connectivity index (χ1v) is 19.2. The molecule has 0 bridgehead atoms. The number of hydrogen-bond acceptors (Lipinski definition) is 12. The van der Waals surface area contributed by atoms with Crippen molar-refractivity contribution in [1.82, 2.24) is 0 Å². The van der Waals surface area contributed by atoms with Gasteiger partial charge in [0.2, 0.25) is 17.3 Å². The fraction of sp³-hybridized carbons (Fsp3) is 0.714. The molecule has 3 aliphatic rings. The van der Waals surface area contributed by atoms with Crippen LogP contribution in [0.2, 0.25) is 0 Å². The summed E-state index contributed by atoms with van der Waals surface area (Å²) in [5.74, 6) is -0.455. The highest BCUT2D eigenvalue weighted by Crippen LogP contribution is 2.48. The predicted octanol–water partition coefficient (Wildman–Crippen LogP) is 7.43. The Morgan fingerprint density at radius 1 is 0.537 bits per heavy atom. The molecule has 12 heteroatoms. The second kappa shape index (κ2) is 20.6. The van der Waals surface area contributed by atoms with E-state index in [1.165, 1.54) is 0 Å². The largest absolute Gasteiger partial charge is 0.490 e. The van der Waals surface area contributed by atoms with Crippen molar-refractivity contribution in [3.05, 3.63) is 34.0 Å². The quantitative estimate of drug-likeness (QED) is 0.120. The third-order valence-corrected chi connectivity index (χ3v) is 10.9. The molecule has 3 aliphatic carbocycles. The minimum atomic E-state index is -0.596. The predicted molar refractivity (Wildman–Crippen MR) is 204 cm³/mol. The van der Waals surface area contributed by atoms with Crippen LogP contribution in [-0.2, 0) is 57.2 Å². The number of ether oxygens (including phenoxy) is 6. The van der Waals surface area contributed by atoms with Gasteiger partial charge in [0.15, 0.2) is 17.3 Å². The van der Waals surface area contributed by atoms with E-state index in [-0.39, 0.29) is 83.1 Å². The van der Waals surface area contributed by atoms with Crippen molar-refractivity contribution in [3.8, 4) is 0 Å². The maximum absolute atomic E-state index is 12.3. The SMILES string of the molecule is CCOC(=O)CC1=C(OCC)C(=O)C(C)C1(C)C.CCOC(=O)CC1C(=O)C(OCC)=C(C)C1(C)C.CCOC(=O)CC1C(C)=C(OCC)C(=O)C1(C)C. The Hall–Kier alpha value is -3.96. The van der Waals surface area contributed by atoms with Crippen molar-refractivity contribution in [1.29, 1.82) is 0 Å². The monoisotopic (exact) mass is 762 g/mol. The number of carbonyl (C=O) groups excluding carboxylic acids is 6. The van der Waals surface area contributed by atoms with Crippen LogP contribution in [0, 0.1) is 34.0 Å². The van der Waals surface area contributed by atoms with Gasteiger partial charge in [0.05, 0.1) is 58.9 Å². The molecular formula is C42H66O12. The lowest BCUT2D eigenvalue weighted by atomic mass is 9.76. The zero-order valence-corrected chi connectivity index (χ0v) is 35.5. The van der Waals surface area contributed by atoms with Gasteiger partial charge >= 0.3 is 17.9 Å². The van der Waals surface area contributed by atoms with Crippen molar-refractivity contribution >= 4 is 35.3 Å². The molecule has 0 aromatic rings. The molecule has 3 rings (SSSR count). The van der Waals surface area contributed by atoms with E-state index in [0.29, 0.717) is 56.9 Å². The van der Waals surface area contributed by atoms with Gasteiger partial charge < -0.3 is 28.4 Å². The van der Waals surface area contributed by atoms with Crippen molar-refractivity contribution in [2.24, 2.45) is 34.0 Å². The molecule has 0 aliphatic heterocycles. The topological polar surface area (TPSA) is 158 Å². The van der Waals surface area contributed by atoms with Crippen LogP contribution in [-0.4, -0.2) is 74.9 Å². The van der Waals surface area contributed by atoms with Crippen LogP contribution in [0.25, 0.3) is 0 Å². The van der Waals surface area contributed by atoms with E-state index in [4.69, 9.17) is 28.4 Å². The molecule has 306 valence electrons. The van der Waals surface area contributed by atoms with E-state index in [1.807, 2.05) is 83.1 Å². The molecule has 0 amide bonds. The van der Waals surface area contributed by atoms with Crippen LogP contribution in [0.15, 0.2) is 34.0 Å². The van der Waals surface area contributed by atoms with Crippen LogP contribution < -0.4 is 0 Å². The first-order chi connectivity index (χ1) is 25.1. The molecule has 0 heterocycles. The maximum Gasteiger partial charge on any atom is 0.310 e. The average Bonchev–Trinajstić information content (AvgIpc) is 3.43. The van der Waals surface area contributed by atoms with Crippen LogP contribution in [0.3, 0.4) is 0 Å². The Bertz CT molecular complexity index is 1490. The van der Waals surface area contributed by atoms with E-state index < -0.39 is 5.41 Å². The highest BCUT2D eigenvalue weighted by molar-refractivity contribution is 6.03. The maximum atomic E-state index is 12.3. The molecule has 0 radical (unpaired) electrons. The molecule has 0 N–H and O–H groups in total. The van der Waals surface area contributed by atoms with Gasteiger partial charge in [0, 0.05) is 34.0 Å². The number of Topliss-reactive ketones (excluding diaryl/α,β-unsaturated/α-hetero) is 3. The highest BCUT2D eigenvalue weighted by atomic mass is 16.5. The average molecular weight is 763 g/mol. The number of ketones is 3. The number of allylic oxidation sites excluding steroid dienone is 5. The minimum Gasteiger partial charge on any atom is -0.490 e. The lowest BCUT2D eigenvalue weighted by Gasteiger charge is -2.26. The van der Waals surface area contributed by atoms with Gasteiger partial charge in [0.1, 0.15) is 0 Å². The van der Waals surface area contributed by atoms with Crippen LogP contribution in [0.4, 0.5) is 0 Å². The third kappa shape index (κ3) is 11.1. The molecule has 3 atom stereocenters. The molecule has 0 saturated heterocycles. The summed E-state index contributed by atoms with van der Waals surface area (Å²) in [6.45, 7) is 30.4. The number of carbonyl (C=O) groups is 6. The van der Waals surface area contributed by atoms with Gasteiger partial charge in [-0.1, -0.05) is 48.5 Å². The second-order valence-electron chi connectivity index (χ2n) is 15.1. The molecule has 0 aromatic carbocycles. The summed E-state index contributed by atoms with van der Waals surface area (Å²) < 4.78 is 31.1. The number of rotatable bonds is 15. The summed E-state index contributed by atoms with van der Waals surface area (Å²) in [6, 6.07) is 0. The normalized spacial score (nSPS) is 22.3. The Morgan fingerprint density at radius 2 is 0.963 bits per heavy atom. The molecule has 0 spiro atoms. The van der Waals surface area contributed by atoms with E-state index >= 15 is 0 Å². The van der Waals surface area contributed by atoms with E-state index in [1.54, 1.807) is 20.8 Å². The molecular weight excluding hydrogens is 696 g/mol. The molecule has 0 fully saturated rings. The fourth-order valence-electron chi connectivity index (χ4n) is 6.92. The second-order valence-corrected chi connectivity index (χ2v) is 15.1. The van der Waals surface area contributed by atoms with Crippen molar-refractivity contribution in [3.63, 3.8) is 0 Å². The molecule has 0 aromatic heterocycles. The van der Waals surface area contributed by atoms with Gasteiger partial charge in [0.25, 0.3) is 0 Å². The van der Waals surface area contributed by atoms with Gasteiger partial charge in [-0.3, -0.25) is 28.8 Å². The Labute approximate surface area is 322 Å². The minimum absolute atomic E-state index is 0.0128. The number of hydrogen-bond donors (Lipinski definition) is 0. The van der Waals surface area contributed by atoms with Crippen LogP contribution in [0.5, 0.6) is 0 Å². The lowest BCUT2D eigenvalue weighted by molar-refractivity contribution is -0.147. The third-order valence-electron chi connectivity index (χ3n) is 10.9. The van der Waals surface area contributed by atoms with Gasteiger partial charge in [-0.25, -0.2) is 0 Å². The smallest absolute Gasteiger partial charge is 0.310 e. The zero-order valence-electron chi connectivity index (χ0n) is 35.5. The van der Waals surface area contributed by atoms with Crippen molar-refractivity contribution in [2.75, 3.05) is 39.6 Å². The lowest BCUT2D eigenvalue weighted by Crippen LogP contribution is -2.30. The molecule has 3 unspecified atom stereocenters. The van der Waals surface area contributed by atoms with E-state index in [9.17, 15) is 28.8 Å². The molecule has 0 saturated carbocycles. The molecule has 54 heavy (non-hydrogen) atoms. The van der Waals surface area contributed by atoms with Gasteiger partial charge in [-0.15, -0.1) is 0 Å². The summed E-state index contributed by atoms with van der Waals surface area (Å²) in [5.41, 5.74) is 1.24. The Balaban J connectivity index is 0.000000405. The number of esters is 3. The van der Waals surface area contributed by atoms with Gasteiger partial charge in [-0.2, -0.15) is 0 Å². The standard InChI is InChI=1S/3C14H22O4/c1-6-17-11(15)8-10-12(16)13(18-7-2)9(3)14(10,4)5;1-6-17-11(15)8-10-13(18-7-2)12(16)9(3)14(10,4)5;1-6-17-11(15)8-10-9(3)12(18-7-2)13(16)14(10,4)5/h10H,6-8H2,1-5H3;9H,6-8H2,1-5H3;10H,6-8H2,1-5H3. The first kappa shape index (κ1) is 48.1. The summed E-state index contributed by atoms with van der Waals surface area (Å²) in [6.07, 6.45) is 0.481. The molecule has 12 nitrogen and oxygen atoms in total. The summed E-state index contributed by atoms with van der Waals surface area (Å²) in [7, 11) is 0. The highest BCUT2D eigenvalue weighted by Gasteiger charge is 2.50. The first-order valence-electron chi connectivity index (χ1n) is 19.2. The fourth-order valence-corrected chi connectivity index (χ4v) is 6.92.